The Hall–Kier alpha value is -2.72. The van der Waals surface area contributed by atoms with Crippen molar-refractivity contribution in [2.24, 2.45) is 0 Å². The lowest BCUT2D eigenvalue weighted by molar-refractivity contribution is 0.117. The van der Waals surface area contributed by atoms with Crippen LogP contribution >= 0.6 is 0 Å². The van der Waals surface area contributed by atoms with Crippen molar-refractivity contribution >= 4 is 16.5 Å². The minimum atomic E-state index is -0.624. The second kappa shape index (κ2) is 7.70. The predicted octanol–water partition coefficient (Wildman–Crippen LogP) is 3.70. The molecule has 0 amide bonds. The van der Waals surface area contributed by atoms with Gasteiger partial charge >= 0.3 is 0 Å². The Morgan fingerprint density at radius 3 is 2.54 bits per heavy atom. The van der Waals surface area contributed by atoms with E-state index in [4.69, 9.17) is 9.47 Å². The van der Waals surface area contributed by atoms with Crippen LogP contribution in [0.25, 0.3) is 10.8 Å². The minimum Gasteiger partial charge on any atom is -0.495 e. The number of hydrogen-bond acceptors (Lipinski definition) is 4. The summed E-state index contributed by atoms with van der Waals surface area (Å²) in [5, 5.41) is 15.6. The van der Waals surface area contributed by atoms with Crippen molar-refractivity contribution in [1.82, 2.24) is 0 Å². The van der Waals surface area contributed by atoms with Crippen molar-refractivity contribution in [1.29, 1.82) is 0 Å². The lowest BCUT2D eigenvalue weighted by Crippen LogP contribution is -2.26. The number of para-hydroxylation sites is 2. The maximum absolute atomic E-state index is 10.1. The predicted molar refractivity (Wildman–Crippen MR) is 96.9 cm³/mol. The highest BCUT2D eigenvalue weighted by Gasteiger charge is 2.08. The fraction of sp³-hybridized carbons (Fsp3) is 0.200. The fourth-order valence-electron chi connectivity index (χ4n) is 2.53. The summed E-state index contributed by atoms with van der Waals surface area (Å²) < 4.78 is 11.0. The van der Waals surface area contributed by atoms with Gasteiger partial charge in [-0.25, -0.2) is 0 Å². The summed E-state index contributed by atoms with van der Waals surface area (Å²) in [5.41, 5.74) is 0.852. The normalized spacial score (nSPS) is 11.9. The minimum absolute atomic E-state index is 0.223. The van der Waals surface area contributed by atoms with Crippen LogP contribution in [0.5, 0.6) is 11.5 Å². The molecule has 0 saturated carbocycles. The number of ether oxygens (including phenoxy) is 2. The fourth-order valence-corrected chi connectivity index (χ4v) is 2.53. The first-order valence-electron chi connectivity index (χ1n) is 7.93. The van der Waals surface area contributed by atoms with Crippen molar-refractivity contribution in [3.05, 3.63) is 66.7 Å². The number of hydrogen-bond donors (Lipinski definition) is 2. The third kappa shape index (κ3) is 3.97. The Labute approximate surface area is 141 Å². The zero-order chi connectivity index (χ0) is 16.8. The Kier molecular flexibility index (Phi) is 5.18. The van der Waals surface area contributed by atoms with Gasteiger partial charge in [-0.15, -0.1) is 0 Å². The number of benzene rings is 3. The van der Waals surface area contributed by atoms with Crippen LogP contribution in [0, 0.1) is 0 Å². The van der Waals surface area contributed by atoms with Crippen LogP contribution in [0.2, 0.25) is 0 Å². The van der Waals surface area contributed by atoms with E-state index in [-0.39, 0.29) is 6.61 Å². The molecule has 1 atom stereocenters. The molecule has 0 aliphatic carbocycles. The van der Waals surface area contributed by atoms with Crippen LogP contribution in [0.4, 0.5) is 5.69 Å². The van der Waals surface area contributed by atoms with Crippen LogP contribution in [-0.4, -0.2) is 31.5 Å². The van der Waals surface area contributed by atoms with Crippen LogP contribution in [-0.2, 0) is 0 Å². The lowest BCUT2D eigenvalue weighted by Gasteiger charge is -2.16. The number of aliphatic hydroxyl groups is 1. The van der Waals surface area contributed by atoms with Crippen LogP contribution in [0.15, 0.2) is 66.7 Å². The van der Waals surface area contributed by atoms with Crippen molar-refractivity contribution < 1.29 is 14.6 Å². The highest BCUT2D eigenvalue weighted by molar-refractivity contribution is 5.83. The largest absolute Gasteiger partial charge is 0.495 e. The van der Waals surface area contributed by atoms with Gasteiger partial charge < -0.3 is 19.9 Å². The molecule has 0 fully saturated rings. The van der Waals surface area contributed by atoms with Gasteiger partial charge in [0.25, 0.3) is 0 Å². The molecular formula is C20H21NO3. The first-order valence-corrected chi connectivity index (χ1v) is 7.93. The van der Waals surface area contributed by atoms with Gasteiger partial charge in [-0.2, -0.15) is 0 Å². The standard InChI is InChI=1S/C20H21NO3/c1-23-20-9-5-4-8-19(20)21-13-17(22)14-24-18-11-10-15-6-2-3-7-16(15)12-18/h2-12,17,21-22H,13-14H2,1H3. The molecule has 4 nitrogen and oxygen atoms in total. The molecule has 0 radical (unpaired) electrons. The Balaban J connectivity index is 1.54. The molecule has 3 aromatic rings. The summed E-state index contributed by atoms with van der Waals surface area (Å²) >= 11 is 0. The topological polar surface area (TPSA) is 50.7 Å². The number of aliphatic hydroxyl groups excluding tert-OH is 1. The maximum atomic E-state index is 10.1. The van der Waals surface area contributed by atoms with Gasteiger partial charge in [-0.05, 0) is 35.0 Å². The molecule has 0 saturated heterocycles. The molecule has 3 aromatic carbocycles. The monoisotopic (exact) mass is 323 g/mol. The van der Waals surface area contributed by atoms with Gasteiger partial charge in [0, 0.05) is 6.54 Å². The third-order valence-electron chi connectivity index (χ3n) is 3.80. The van der Waals surface area contributed by atoms with E-state index in [1.807, 2.05) is 60.7 Å². The van der Waals surface area contributed by atoms with Gasteiger partial charge in [0.05, 0.1) is 12.8 Å². The second-order valence-corrected chi connectivity index (χ2v) is 5.55. The molecule has 4 heteroatoms. The number of nitrogens with one attached hydrogen (secondary N) is 1. The quantitative estimate of drug-likeness (QED) is 0.696. The van der Waals surface area contributed by atoms with Gasteiger partial charge in [0.1, 0.15) is 24.2 Å². The van der Waals surface area contributed by atoms with E-state index in [2.05, 4.69) is 11.4 Å². The van der Waals surface area contributed by atoms with Gasteiger partial charge in [-0.1, -0.05) is 42.5 Å². The molecular weight excluding hydrogens is 302 g/mol. The molecule has 124 valence electrons. The molecule has 0 spiro atoms. The average Bonchev–Trinajstić information content (AvgIpc) is 2.64. The molecule has 0 aliphatic heterocycles. The van der Waals surface area contributed by atoms with E-state index in [9.17, 15) is 5.11 Å². The van der Waals surface area contributed by atoms with E-state index in [0.717, 1.165) is 22.6 Å². The first kappa shape index (κ1) is 16.1. The summed E-state index contributed by atoms with van der Waals surface area (Å²) in [6.45, 7) is 0.606. The maximum Gasteiger partial charge on any atom is 0.141 e. The van der Waals surface area contributed by atoms with Crippen molar-refractivity contribution in [2.45, 2.75) is 6.10 Å². The van der Waals surface area contributed by atoms with Gasteiger partial charge in [0.15, 0.2) is 0 Å². The Morgan fingerprint density at radius 2 is 1.71 bits per heavy atom. The molecule has 24 heavy (non-hydrogen) atoms. The highest BCUT2D eigenvalue weighted by atomic mass is 16.5. The number of fused-ring (bicyclic) bond motifs is 1. The average molecular weight is 323 g/mol. The summed E-state index contributed by atoms with van der Waals surface area (Å²) in [5.74, 6) is 1.50. The van der Waals surface area contributed by atoms with Crippen molar-refractivity contribution in [3.63, 3.8) is 0 Å². The molecule has 2 N–H and O–H groups in total. The zero-order valence-electron chi connectivity index (χ0n) is 13.6. The molecule has 0 bridgehead atoms. The zero-order valence-corrected chi connectivity index (χ0v) is 13.6. The molecule has 0 aliphatic rings. The first-order chi connectivity index (χ1) is 11.8. The summed E-state index contributed by atoms with van der Waals surface area (Å²) in [4.78, 5) is 0. The second-order valence-electron chi connectivity index (χ2n) is 5.55. The van der Waals surface area contributed by atoms with E-state index in [1.165, 1.54) is 5.39 Å². The molecule has 0 aromatic heterocycles. The molecule has 1 unspecified atom stereocenters. The number of methoxy groups -OCH3 is 1. The van der Waals surface area contributed by atoms with E-state index < -0.39 is 6.10 Å². The molecule has 0 heterocycles. The van der Waals surface area contributed by atoms with E-state index in [0.29, 0.717) is 6.54 Å². The summed E-state index contributed by atoms with van der Waals surface area (Å²) in [6, 6.07) is 21.6. The third-order valence-corrected chi connectivity index (χ3v) is 3.80. The van der Waals surface area contributed by atoms with Crippen LogP contribution < -0.4 is 14.8 Å². The SMILES string of the molecule is COc1ccccc1NCC(O)COc1ccc2ccccc2c1. The van der Waals surface area contributed by atoms with Gasteiger partial charge in [0.2, 0.25) is 0 Å². The number of rotatable bonds is 7. The number of anilines is 1. The van der Waals surface area contributed by atoms with Crippen molar-refractivity contribution in [2.75, 3.05) is 25.6 Å². The van der Waals surface area contributed by atoms with Crippen LogP contribution in [0.1, 0.15) is 0 Å². The summed E-state index contributed by atoms with van der Waals surface area (Å²) in [6.07, 6.45) is -0.624. The lowest BCUT2D eigenvalue weighted by atomic mass is 10.1. The highest BCUT2D eigenvalue weighted by Crippen LogP contribution is 2.23. The summed E-state index contributed by atoms with van der Waals surface area (Å²) in [7, 11) is 1.62. The smallest absolute Gasteiger partial charge is 0.141 e. The van der Waals surface area contributed by atoms with E-state index >= 15 is 0 Å². The Morgan fingerprint density at radius 1 is 0.958 bits per heavy atom. The van der Waals surface area contributed by atoms with Crippen LogP contribution in [0.3, 0.4) is 0 Å². The van der Waals surface area contributed by atoms with E-state index in [1.54, 1.807) is 7.11 Å². The van der Waals surface area contributed by atoms with Crippen molar-refractivity contribution in [3.8, 4) is 11.5 Å². The Bertz CT molecular complexity index is 804. The van der Waals surface area contributed by atoms with Gasteiger partial charge in [-0.3, -0.25) is 0 Å². The molecule has 3 rings (SSSR count).